The fourth-order valence-electron chi connectivity index (χ4n) is 4.96. The Bertz CT molecular complexity index is 1260. The molecule has 0 bridgehead atoms. The Morgan fingerprint density at radius 3 is 2.42 bits per heavy atom. The number of carbonyl (C=O) groups is 2. The van der Waals surface area contributed by atoms with E-state index in [1.54, 1.807) is 31.2 Å². The van der Waals surface area contributed by atoms with E-state index in [9.17, 15) is 18.0 Å². The topological polar surface area (TPSA) is 98.8 Å². The Morgan fingerprint density at radius 1 is 1.08 bits per heavy atom. The van der Waals surface area contributed by atoms with Gasteiger partial charge in [0.2, 0.25) is 0 Å². The van der Waals surface area contributed by atoms with Crippen LogP contribution in [0.3, 0.4) is 0 Å². The van der Waals surface area contributed by atoms with E-state index < -0.39 is 28.6 Å². The first-order chi connectivity index (χ1) is 17.7. The zero-order valence-corrected chi connectivity index (χ0v) is 24.4. The Kier molecular flexibility index (Phi) is 9.29. The van der Waals surface area contributed by atoms with Gasteiger partial charge in [-0.2, -0.15) is 0 Å². The summed E-state index contributed by atoms with van der Waals surface area (Å²) in [5.74, 6) is -0.275. The van der Waals surface area contributed by atoms with Gasteiger partial charge in [0.05, 0.1) is 16.1 Å². The minimum atomic E-state index is -4.00. The number of aryl methyl sites for hydroxylation is 1. The molecule has 1 aliphatic rings. The van der Waals surface area contributed by atoms with Gasteiger partial charge in [-0.25, -0.2) is 18.0 Å². The molecule has 0 aromatic heterocycles. The van der Waals surface area contributed by atoms with Gasteiger partial charge in [-0.3, -0.25) is 4.72 Å². The van der Waals surface area contributed by atoms with Gasteiger partial charge in [-0.1, -0.05) is 72.2 Å². The third-order valence-electron chi connectivity index (χ3n) is 7.30. The Morgan fingerprint density at radius 2 is 1.76 bits per heavy atom. The van der Waals surface area contributed by atoms with E-state index in [0.29, 0.717) is 17.4 Å². The van der Waals surface area contributed by atoms with Crippen LogP contribution in [0.2, 0.25) is 0 Å². The molecule has 7 nitrogen and oxygen atoms in total. The molecule has 2 aromatic rings. The smallest absolute Gasteiger partial charge is 0.344 e. The fraction of sp³-hybridized carbons (Fsp3) is 0.533. The molecule has 3 atom stereocenters. The van der Waals surface area contributed by atoms with Crippen molar-refractivity contribution in [2.75, 3.05) is 11.3 Å². The van der Waals surface area contributed by atoms with Gasteiger partial charge in [-0.05, 0) is 72.3 Å². The number of nitrogens with one attached hydrogen (secondary N) is 1. The molecule has 0 aliphatic heterocycles. The van der Waals surface area contributed by atoms with Crippen LogP contribution in [0.4, 0.5) is 5.69 Å². The first-order valence-electron chi connectivity index (χ1n) is 13.3. The van der Waals surface area contributed by atoms with Gasteiger partial charge < -0.3 is 9.47 Å². The maximum atomic E-state index is 13.3. The number of benzene rings is 2. The van der Waals surface area contributed by atoms with Crippen molar-refractivity contribution >= 4 is 27.6 Å². The second kappa shape index (κ2) is 11.9. The Labute approximate surface area is 227 Å². The summed E-state index contributed by atoms with van der Waals surface area (Å²) < 4.78 is 40.2. The number of para-hydroxylation sites is 1. The highest BCUT2D eigenvalue weighted by Crippen LogP contribution is 2.35. The first kappa shape index (κ1) is 29.7. The molecule has 0 radical (unpaired) electrons. The van der Waals surface area contributed by atoms with Crippen LogP contribution in [0, 0.1) is 24.7 Å². The summed E-state index contributed by atoms with van der Waals surface area (Å²) in [6.45, 7) is 13.6. The Hall–Kier alpha value is -2.87. The summed E-state index contributed by atoms with van der Waals surface area (Å²) in [4.78, 5) is 25.6. The lowest BCUT2D eigenvalue weighted by Crippen LogP contribution is -2.36. The minimum absolute atomic E-state index is 0.0137. The molecule has 0 saturated heterocycles. The molecule has 208 valence electrons. The first-order valence-corrected chi connectivity index (χ1v) is 14.8. The van der Waals surface area contributed by atoms with Crippen LogP contribution in [0.1, 0.15) is 82.3 Å². The highest BCUT2D eigenvalue weighted by atomic mass is 32.2. The van der Waals surface area contributed by atoms with Crippen LogP contribution in [-0.2, 0) is 29.7 Å². The number of esters is 2. The second-order valence-electron chi connectivity index (χ2n) is 11.8. The van der Waals surface area contributed by atoms with E-state index in [-0.39, 0.29) is 33.6 Å². The van der Waals surface area contributed by atoms with Gasteiger partial charge in [0, 0.05) is 0 Å². The summed E-state index contributed by atoms with van der Waals surface area (Å²) in [5, 5.41) is 0. The van der Waals surface area contributed by atoms with Crippen LogP contribution in [0.25, 0.3) is 0 Å². The van der Waals surface area contributed by atoms with Crippen molar-refractivity contribution in [3.63, 3.8) is 0 Å². The number of rotatable bonds is 8. The molecule has 0 amide bonds. The standard InChI is InChI=1S/C30H41NO6S/c1-19(2)23-15-12-20(3)16-26(23)37-28(32)18-36-29(33)24-10-8-9-11-25(24)31-38(34,35)27-17-22(30(5,6)7)14-13-21(27)4/h8-11,13-14,17,19-20,23,26,31H,12,15-16,18H2,1-7H3/t20-,23-,26+/m0/s1. The molecule has 1 aliphatic carbocycles. The normalized spacial score (nSPS) is 20.2. The molecule has 2 aromatic carbocycles. The van der Waals surface area contributed by atoms with Crippen molar-refractivity contribution < 1.29 is 27.5 Å². The van der Waals surface area contributed by atoms with Crippen molar-refractivity contribution in [3.05, 3.63) is 59.2 Å². The number of anilines is 1. The van der Waals surface area contributed by atoms with Crippen molar-refractivity contribution in [1.29, 1.82) is 0 Å². The quantitative estimate of drug-likeness (QED) is 0.395. The average Bonchev–Trinajstić information content (AvgIpc) is 2.82. The lowest BCUT2D eigenvalue weighted by atomic mass is 9.75. The third-order valence-corrected chi connectivity index (χ3v) is 8.81. The summed E-state index contributed by atoms with van der Waals surface area (Å²) in [6.07, 6.45) is 2.71. The summed E-state index contributed by atoms with van der Waals surface area (Å²) in [5.41, 5.74) is 1.32. The third kappa shape index (κ3) is 7.37. The molecule has 8 heteroatoms. The lowest BCUT2D eigenvalue weighted by molar-refractivity contribution is -0.159. The monoisotopic (exact) mass is 543 g/mol. The van der Waals surface area contributed by atoms with Crippen LogP contribution in [0.15, 0.2) is 47.4 Å². The number of ether oxygens (including phenoxy) is 2. The van der Waals surface area contributed by atoms with Crippen molar-refractivity contribution in [1.82, 2.24) is 0 Å². The SMILES string of the molecule is Cc1ccc(C(C)(C)C)cc1S(=O)(=O)Nc1ccccc1C(=O)OCC(=O)O[C@@H]1C[C@@H](C)CC[C@H]1C(C)C. The van der Waals surface area contributed by atoms with E-state index in [0.717, 1.165) is 24.8 Å². The highest BCUT2D eigenvalue weighted by molar-refractivity contribution is 7.92. The van der Waals surface area contributed by atoms with Gasteiger partial charge in [0.1, 0.15) is 6.10 Å². The van der Waals surface area contributed by atoms with Crippen LogP contribution >= 0.6 is 0 Å². The fourth-order valence-corrected chi connectivity index (χ4v) is 6.31. The molecule has 1 saturated carbocycles. The Balaban J connectivity index is 1.72. The van der Waals surface area contributed by atoms with E-state index in [4.69, 9.17) is 9.47 Å². The van der Waals surface area contributed by atoms with Crippen molar-refractivity contribution in [2.45, 2.75) is 84.1 Å². The molecule has 1 fully saturated rings. The van der Waals surface area contributed by atoms with E-state index >= 15 is 0 Å². The molecule has 0 unspecified atom stereocenters. The predicted molar refractivity (Wildman–Crippen MR) is 149 cm³/mol. The highest BCUT2D eigenvalue weighted by Gasteiger charge is 2.33. The largest absolute Gasteiger partial charge is 0.460 e. The van der Waals surface area contributed by atoms with Gasteiger partial charge in [0.25, 0.3) is 10.0 Å². The lowest BCUT2D eigenvalue weighted by Gasteiger charge is -2.36. The molecule has 0 heterocycles. The maximum Gasteiger partial charge on any atom is 0.344 e. The van der Waals surface area contributed by atoms with Gasteiger partial charge in [-0.15, -0.1) is 0 Å². The van der Waals surface area contributed by atoms with Gasteiger partial charge >= 0.3 is 11.9 Å². The number of hydrogen-bond donors (Lipinski definition) is 1. The minimum Gasteiger partial charge on any atom is -0.460 e. The number of hydrogen-bond acceptors (Lipinski definition) is 6. The van der Waals surface area contributed by atoms with Crippen LogP contribution < -0.4 is 4.72 Å². The number of carbonyl (C=O) groups excluding carboxylic acids is 2. The van der Waals surface area contributed by atoms with Crippen LogP contribution in [0.5, 0.6) is 0 Å². The number of sulfonamides is 1. The summed E-state index contributed by atoms with van der Waals surface area (Å²) in [6, 6.07) is 11.5. The predicted octanol–water partition coefficient (Wildman–Crippen LogP) is 6.25. The van der Waals surface area contributed by atoms with Gasteiger partial charge in [0.15, 0.2) is 6.61 Å². The molecular weight excluding hydrogens is 502 g/mol. The second-order valence-corrected chi connectivity index (χ2v) is 13.5. The zero-order chi connectivity index (χ0) is 28.3. The molecule has 38 heavy (non-hydrogen) atoms. The van der Waals surface area contributed by atoms with E-state index in [1.807, 2.05) is 26.8 Å². The molecular formula is C30H41NO6S. The van der Waals surface area contributed by atoms with E-state index in [1.165, 1.54) is 12.1 Å². The zero-order valence-electron chi connectivity index (χ0n) is 23.5. The van der Waals surface area contributed by atoms with Crippen molar-refractivity contribution in [2.24, 2.45) is 17.8 Å². The van der Waals surface area contributed by atoms with Crippen LogP contribution in [-0.4, -0.2) is 33.1 Å². The summed E-state index contributed by atoms with van der Waals surface area (Å²) >= 11 is 0. The van der Waals surface area contributed by atoms with E-state index in [2.05, 4.69) is 25.5 Å². The summed E-state index contributed by atoms with van der Waals surface area (Å²) in [7, 11) is -4.00. The molecule has 3 rings (SSSR count). The molecule has 0 spiro atoms. The average molecular weight is 544 g/mol. The molecule has 1 N–H and O–H groups in total. The maximum absolute atomic E-state index is 13.3. The van der Waals surface area contributed by atoms with Crippen molar-refractivity contribution in [3.8, 4) is 0 Å².